The second-order valence-electron chi connectivity index (χ2n) is 8.00. The molecule has 1 saturated heterocycles. The zero-order valence-corrected chi connectivity index (χ0v) is 19.5. The van der Waals surface area contributed by atoms with Crippen LogP contribution in [0.15, 0.2) is 58.4 Å². The van der Waals surface area contributed by atoms with Crippen molar-refractivity contribution in [2.45, 2.75) is 24.4 Å². The molecular formula is C23H26N4O6S. The summed E-state index contributed by atoms with van der Waals surface area (Å²) in [6.45, 7) is 5.07. The van der Waals surface area contributed by atoms with Gasteiger partial charge >= 0.3 is 5.97 Å². The van der Waals surface area contributed by atoms with Gasteiger partial charge in [-0.2, -0.15) is 0 Å². The maximum atomic E-state index is 12.3. The number of carbonyl (C=O) groups excluding carboxylic acids is 2. The molecule has 2 aromatic carbocycles. The predicted molar refractivity (Wildman–Crippen MR) is 125 cm³/mol. The van der Waals surface area contributed by atoms with Crippen LogP contribution in [0.25, 0.3) is 0 Å². The molecule has 1 fully saturated rings. The first-order valence-corrected chi connectivity index (χ1v) is 12.4. The number of sulfonamides is 1. The molecule has 180 valence electrons. The number of carbonyl (C=O) groups is 2. The highest BCUT2D eigenvalue weighted by molar-refractivity contribution is 7.90. The molecule has 1 amide bonds. The molecule has 0 unspecified atom stereocenters. The average Bonchev–Trinajstić information content (AvgIpc) is 3.09. The highest BCUT2D eigenvalue weighted by Gasteiger charge is 2.31. The molecule has 11 heteroatoms. The first-order chi connectivity index (χ1) is 16.3. The van der Waals surface area contributed by atoms with Crippen LogP contribution < -0.4 is 10.0 Å². The van der Waals surface area contributed by atoms with Gasteiger partial charge < -0.3 is 14.8 Å². The first-order valence-electron chi connectivity index (χ1n) is 10.9. The van der Waals surface area contributed by atoms with Gasteiger partial charge in [0, 0.05) is 30.9 Å². The highest BCUT2D eigenvalue weighted by Crippen LogP contribution is 2.22. The van der Waals surface area contributed by atoms with Gasteiger partial charge in [0.25, 0.3) is 15.9 Å². The number of ether oxygens (including phenoxy) is 2. The molecule has 2 aliphatic heterocycles. The molecular weight excluding hydrogens is 460 g/mol. The Kier molecular flexibility index (Phi) is 7.25. The van der Waals surface area contributed by atoms with Gasteiger partial charge in [-0.15, -0.1) is 0 Å². The maximum absolute atomic E-state index is 12.3. The summed E-state index contributed by atoms with van der Waals surface area (Å²) >= 11 is 0. The van der Waals surface area contributed by atoms with Crippen LogP contribution in [0.4, 0.5) is 5.69 Å². The lowest BCUT2D eigenvalue weighted by molar-refractivity contribution is -0.148. The molecule has 34 heavy (non-hydrogen) atoms. The fraction of sp³-hybridized carbons (Fsp3) is 0.348. The number of rotatable bonds is 7. The van der Waals surface area contributed by atoms with E-state index in [1.165, 1.54) is 13.0 Å². The zero-order valence-electron chi connectivity index (χ0n) is 18.7. The standard InChI is InChI=1S/C23H26N4O6S/c1-16(24-22-19-4-2-3-5-20(19)34(30,31)26-22)23(29)33-15-21(28)25-18-8-6-17(7-9-18)14-27-10-12-32-13-11-27/h2-9,16H,10-15H2,1H3,(H,24,26)(H,25,28)/t16-/m0/s1. The van der Waals surface area contributed by atoms with Gasteiger partial charge in [-0.25, -0.2) is 13.2 Å². The largest absolute Gasteiger partial charge is 0.454 e. The summed E-state index contributed by atoms with van der Waals surface area (Å²) in [6.07, 6.45) is 0. The topological polar surface area (TPSA) is 126 Å². The summed E-state index contributed by atoms with van der Waals surface area (Å²) in [6, 6.07) is 12.8. The Morgan fingerprint density at radius 2 is 1.85 bits per heavy atom. The Morgan fingerprint density at radius 1 is 1.15 bits per heavy atom. The first kappa shape index (κ1) is 23.9. The minimum atomic E-state index is -3.70. The summed E-state index contributed by atoms with van der Waals surface area (Å²) in [4.78, 5) is 31.0. The number of morpholine rings is 1. The fourth-order valence-electron chi connectivity index (χ4n) is 3.64. The van der Waals surface area contributed by atoms with Gasteiger partial charge in [-0.1, -0.05) is 24.3 Å². The van der Waals surface area contributed by atoms with Crippen molar-refractivity contribution in [3.63, 3.8) is 0 Å². The lowest BCUT2D eigenvalue weighted by Crippen LogP contribution is -2.35. The van der Waals surface area contributed by atoms with Crippen molar-refractivity contribution in [3.05, 3.63) is 59.7 Å². The van der Waals surface area contributed by atoms with Crippen molar-refractivity contribution in [1.29, 1.82) is 0 Å². The fourth-order valence-corrected chi connectivity index (χ4v) is 4.88. The molecule has 0 aromatic heterocycles. The van der Waals surface area contributed by atoms with E-state index in [0.29, 0.717) is 11.3 Å². The Balaban J connectivity index is 1.27. The zero-order chi connectivity index (χ0) is 24.1. The second-order valence-corrected chi connectivity index (χ2v) is 9.65. The van der Waals surface area contributed by atoms with Crippen molar-refractivity contribution in [3.8, 4) is 0 Å². The third kappa shape index (κ3) is 5.79. The minimum Gasteiger partial charge on any atom is -0.454 e. The number of amidine groups is 1. The van der Waals surface area contributed by atoms with Crippen LogP contribution in [0.2, 0.25) is 0 Å². The summed E-state index contributed by atoms with van der Waals surface area (Å²) in [5.74, 6) is -1.16. The number of anilines is 1. The number of fused-ring (bicyclic) bond motifs is 1. The lowest BCUT2D eigenvalue weighted by Gasteiger charge is -2.26. The third-order valence-electron chi connectivity index (χ3n) is 5.42. The molecule has 10 nitrogen and oxygen atoms in total. The van der Waals surface area contributed by atoms with E-state index in [9.17, 15) is 18.0 Å². The maximum Gasteiger partial charge on any atom is 0.331 e. The number of amides is 1. The van der Waals surface area contributed by atoms with Crippen LogP contribution in [0, 0.1) is 0 Å². The van der Waals surface area contributed by atoms with Crippen LogP contribution >= 0.6 is 0 Å². The van der Waals surface area contributed by atoms with Gasteiger partial charge in [0.2, 0.25) is 0 Å². The van der Waals surface area contributed by atoms with Gasteiger partial charge in [0.15, 0.2) is 6.61 Å². The SMILES string of the molecule is C[C@H](N=C1NS(=O)(=O)c2ccccc21)C(=O)OCC(=O)Nc1ccc(CN2CCOCC2)cc1. The molecule has 0 spiro atoms. The monoisotopic (exact) mass is 486 g/mol. The average molecular weight is 487 g/mol. The number of benzene rings is 2. The van der Waals surface area contributed by atoms with Gasteiger partial charge in [-0.05, 0) is 36.8 Å². The van der Waals surface area contributed by atoms with Gasteiger partial charge in [0.1, 0.15) is 11.9 Å². The summed E-state index contributed by atoms with van der Waals surface area (Å²) < 4.78 is 37.1. The molecule has 2 N–H and O–H groups in total. The molecule has 2 aromatic rings. The Bertz CT molecular complexity index is 1190. The van der Waals surface area contributed by atoms with Crippen LogP contribution in [0.1, 0.15) is 18.1 Å². The normalized spacial score (nSPS) is 19.1. The summed E-state index contributed by atoms with van der Waals surface area (Å²) in [5, 5.41) is 2.69. The van der Waals surface area contributed by atoms with Crippen LogP contribution in [0.5, 0.6) is 0 Å². The predicted octanol–water partition coefficient (Wildman–Crippen LogP) is 1.13. The number of hydrogen-bond donors (Lipinski definition) is 2. The van der Waals surface area contributed by atoms with E-state index in [0.717, 1.165) is 38.4 Å². The molecule has 2 heterocycles. The van der Waals surface area contributed by atoms with Crippen LogP contribution in [-0.2, 0) is 35.6 Å². The molecule has 2 aliphatic rings. The van der Waals surface area contributed by atoms with Gasteiger partial charge in [0.05, 0.1) is 18.1 Å². The van der Waals surface area contributed by atoms with E-state index in [-0.39, 0.29) is 10.7 Å². The van der Waals surface area contributed by atoms with Crippen molar-refractivity contribution in [2.75, 3.05) is 38.2 Å². The molecule has 0 bridgehead atoms. The van der Waals surface area contributed by atoms with Gasteiger partial charge in [-0.3, -0.25) is 19.4 Å². The Labute approximate surface area is 198 Å². The third-order valence-corrected chi connectivity index (χ3v) is 6.82. The van der Waals surface area contributed by atoms with E-state index in [1.54, 1.807) is 30.3 Å². The Hall–Kier alpha value is -3.28. The molecule has 0 radical (unpaired) electrons. The number of hydrogen-bond acceptors (Lipinski definition) is 8. The second kappa shape index (κ2) is 10.3. The highest BCUT2D eigenvalue weighted by atomic mass is 32.2. The molecule has 0 aliphatic carbocycles. The number of aliphatic imine (C=N–C) groups is 1. The van der Waals surface area contributed by atoms with E-state index >= 15 is 0 Å². The smallest absolute Gasteiger partial charge is 0.331 e. The van der Waals surface area contributed by atoms with Crippen LogP contribution in [-0.4, -0.2) is 70.0 Å². The number of nitrogens with one attached hydrogen (secondary N) is 2. The molecule has 1 atom stereocenters. The summed E-state index contributed by atoms with van der Waals surface area (Å²) in [7, 11) is -3.70. The molecule has 4 rings (SSSR count). The van der Waals surface area contributed by atoms with E-state index < -0.39 is 34.5 Å². The number of nitrogens with zero attached hydrogens (tertiary/aromatic N) is 2. The minimum absolute atomic E-state index is 0.0710. The number of esters is 1. The summed E-state index contributed by atoms with van der Waals surface area (Å²) in [5.41, 5.74) is 2.11. The lowest BCUT2D eigenvalue weighted by atomic mass is 10.2. The van der Waals surface area contributed by atoms with Crippen molar-refractivity contribution < 1.29 is 27.5 Å². The van der Waals surface area contributed by atoms with Crippen molar-refractivity contribution in [1.82, 2.24) is 9.62 Å². The van der Waals surface area contributed by atoms with Crippen molar-refractivity contribution >= 4 is 33.4 Å². The van der Waals surface area contributed by atoms with E-state index in [4.69, 9.17) is 9.47 Å². The Morgan fingerprint density at radius 3 is 2.59 bits per heavy atom. The quantitative estimate of drug-likeness (QED) is 0.562. The van der Waals surface area contributed by atoms with Crippen molar-refractivity contribution in [2.24, 2.45) is 4.99 Å². The molecule has 0 saturated carbocycles. The van der Waals surface area contributed by atoms with E-state index in [1.807, 2.05) is 12.1 Å². The van der Waals surface area contributed by atoms with E-state index in [2.05, 4.69) is 19.9 Å². The van der Waals surface area contributed by atoms with Crippen LogP contribution in [0.3, 0.4) is 0 Å².